The smallest absolute Gasteiger partial charge is 0.331 e. The Morgan fingerprint density at radius 2 is 2.00 bits per heavy atom. The topological polar surface area (TPSA) is 87.9 Å². The number of hydrogen-bond donors (Lipinski definition) is 1. The molecule has 2 N–H and O–H groups in total. The summed E-state index contributed by atoms with van der Waals surface area (Å²) in [5, 5.41) is 0.382. The lowest BCUT2D eigenvalue weighted by Crippen LogP contribution is -2.29. The second kappa shape index (κ2) is 9.82. The number of carbonyl (C=O) groups excluding carboxylic acids is 2. The second-order valence-corrected chi connectivity index (χ2v) is 5.33. The van der Waals surface area contributed by atoms with Crippen LogP contribution in [0.4, 0.5) is 0 Å². The number of hydrogen-bond acceptors (Lipinski definition) is 5. The monoisotopic (exact) mass is 355 g/mol. The Kier molecular flexibility index (Phi) is 8.12. The number of amides is 1. The van der Waals surface area contributed by atoms with Crippen LogP contribution in [0.1, 0.15) is 32.8 Å². The molecule has 0 saturated carbocycles. The number of esters is 1. The summed E-state index contributed by atoms with van der Waals surface area (Å²) in [6.07, 6.45) is 2.55. The van der Waals surface area contributed by atoms with Gasteiger partial charge in [0.25, 0.3) is 5.91 Å². The molecule has 1 aromatic carbocycles. The van der Waals surface area contributed by atoms with Crippen molar-refractivity contribution in [3.05, 3.63) is 28.8 Å². The van der Waals surface area contributed by atoms with Gasteiger partial charge in [0.1, 0.15) is 0 Å². The SMILES string of the molecule is CCCOc1c(Cl)cc(/C=C/C(=O)O[C@H](C)C(N)=O)cc1OCC. The van der Waals surface area contributed by atoms with Crippen molar-refractivity contribution < 1.29 is 23.8 Å². The summed E-state index contributed by atoms with van der Waals surface area (Å²) in [5.74, 6) is -0.419. The van der Waals surface area contributed by atoms with Gasteiger partial charge in [0.15, 0.2) is 17.6 Å². The molecule has 0 unspecified atom stereocenters. The van der Waals surface area contributed by atoms with Gasteiger partial charge in [0.2, 0.25) is 0 Å². The lowest BCUT2D eigenvalue weighted by atomic mass is 10.2. The van der Waals surface area contributed by atoms with Gasteiger partial charge in [-0.25, -0.2) is 4.79 Å². The molecule has 0 saturated heterocycles. The summed E-state index contributed by atoms with van der Waals surface area (Å²) in [4.78, 5) is 22.5. The third kappa shape index (κ3) is 6.12. The molecule has 0 aliphatic heterocycles. The standard InChI is InChI=1S/C17H22ClNO5/c1-4-8-23-16-13(18)9-12(10-14(16)22-5-2)6-7-15(20)24-11(3)17(19)21/h6-7,9-11H,4-5,8H2,1-3H3,(H2,19,21)/b7-6+/t11-/m1/s1. The van der Waals surface area contributed by atoms with Gasteiger partial charge in [-0.2, -0.15) is 0 Å². The van der Waals surface area contributed by atoms with Crippen LogP contribution >= 0.6 is 11.6 Å². The molecule has 0 aliphatic carbocycles. The average Bonchev–Trinajstić information content (AvgIpc) is 2.52. The summed E-state index contributed by atoms with van der Waals surface area (Å²) in [6.45, 7) is 6.21. The maximum atomic E-state index is 11.6. The van der Waals surface area contributed by atoms with E-state index in [-0.39, 0.29) is 0 Å². The van der Waals surface area contributed by atoms with Crippen LogP contribution in [-0.4, -0.2) is 31.2 Å². The zero-order chi connectivity index (χ0) is 18.1. The molecule has 0 aliphatic rings. The van der Waals surface area contributed by atoms with E-state index in [1.807, 2.05) is 13.8 Å². The van der Waals surface area contributed by atoms with E-state index in [0.717, 1.165) is 6.42 Å². The van der Waals surface area contributed by atoms with Crippen molar-refractivity contribution in [2.45, 2.75) is 33.3 Å². The fourth-order valence-electron chi connectivity index (χ4n) is 1.73. The fourth-order valence-corrected chi connectivity index (χ4v) is 2.00. The summed E-state index contributed by atoms with van der Waals surface area (Å²) in [5.41, 5.74) is 5.67. The van der Waals surface area contributed by atoms with Crippen molar-refractivity contribution in [3.8, 4) is 11.5 Å². The Morgan fingerprint density at radius 1 is 1.29 bits per heavy atom. The quantitative estimate of drug-likeness (QED) is 0.543. The highest BCUT2D eigenvalue weighted by molar-refractivity contribution is 6.32. The number of ether oxygens (including phenoxy) is 3. The molecule has 0 heterocycles. The zero-order valence-corrected chi connectivity index (χ0v) is 14.8. The van der Waals surface area contributed by atoms with Crippen LogP contribution in [0.15, 0.2) is 18.2 Å². The summed E-state index contributed by atoms with van der Waals surface area (Å²) in [6, 6.07) is 3.36. The van der Waals surface area contributed by atoms with E-state index in [2.05, 4.69) is 0 Å². The molecular weight excluding hydrogens is 334 g/mol. The van der Waals surface area contributed by atoms with Crippen molar-refractivity contribution in [1.82, 2.24) is 0 Å². The van der Waals surface area contributed by atoms with Crippen LogP contribution in [0.5, 0.6) is 11.5 Å². The van der Waals surface area contributed by atoms with Gasteiger partial charge in [-0.3, -0.25) is 4.79 Å². The molecular formula is C17H22ClNO5. The normalized spacial score (nSPS) is 12.0. The van der Waals surface area contributed by atoms with E-state index in [1.165, 1.54) is 19.1 Å². The molecule has 0 fully saturated rings. The van der Waals surface area contributed by atoms with Crippen LogP contribution in [0.3, 0.4) is 0 Å². The van der Waals surface area contributed by atoms with Crippen molar-refractivity contribution in [1.29, 1.82) is 0 Å². The predicted octanol–water partition coefficient (Wildman–Crippen LogP) is 2.96. The minimum Gasteiger partial charge on any atom is -0.490 e. The lowest BCUT2D eigenvalue weighted by Gasteiger charge is -2.14. The minimum atomic E-state index is -0.991. The molecule has 1 rings (SSSR count). The van der Waals surface area contributed by atoms with Crippen molar-refractivity contribution >= 4 is 29.6 Å². The van der Waals surface area contributed by atoms with Crippen LogP contribution in [-0.2, 0) is 14.3 Å². The highest BCUT2D eigenvalue weighted by atomic mass is 35.5. The molecule has 132 valence electrons. The number of nitrogens with two attached hydrogens (primary N) is 1. The Bertz CT molecular complexity index is 615. The van der Waals surface area contributed by atoms with Gasteiger partial charge in [0, 0.05) is 6.08 Å². The summed E-state index contributed by atoms with van der Waals surface area (Å²) >= 11 is 6.23. The van der Waals surface area contributed by atoms with E-state index < -0.39 is 18.0 Å². The van der Waals surface area contributed by atoms with Crippen LogP contribution in [0.25, 0.3) is 6.08 Å². The molecule has 6 nitrogen and oxygen atoms in total. The second-order valence-electron chi connectivity index (χ2n) is 4.93. The molecule has 0 spiro atoms. The summed E-state index contributed by atoms with van der Waals surface area (Å²) < 4.78 is 16.0. The third-order valence-corrected chi connectivity index (χ3v) is 3.17. The number of carbonyl (C=O) groups is 2. The predicted molar refractivity (Wildman–Crippen MR) is 92.2 cm³/mol. The molecule has 1 aromatic rings. The number of benzene rings is 1. The van der Waals surface area contributed by atoms with Gasteiger partial charge >= 0.3 is 5.97 Å². The largest absolute Gasteiger partial charge is 0.490 e. The first kappa shape index (κ1) is 19.8. The first-order chi connectivity index (χ1) is 11.4. The summed E-state index contributed by atoms with van der Waals surface area (Å²) in [7, 11) is 0. The van der Waals surface area contributed by atoms with Gasteiger partial charge in [-0.15, -0.1) is 0 Å². The molecule has 1 atom stereocenters. The molecule has 24 heavy (non-hydrogen) atoms. The van der Waals surface area contributed by atoms with Crippen molar-refractivity contribution in [2.24, 2.45) is 5.73 Å². The minimum absolute atomic E-state index is 0.382. The molecule has 7 heteroatoms. The van der Waals surface area contributed by atoms with E-state index in [0.29, 0.717) is 35.3 Å². The first-order valence-corrected chi connectivity index (χ1v) is 8.03. The molecule has 0 radical (unpaired) electrons. The number of halogens is 1. The Morgan fingerprint density at radius 3 is 2.58 bits per heavy atom. The maximum Gasteiger partial charge on any atom is 0.331 e. The van der Waals surface area contributed by atoms with Gasteiger partial charge in [0.05, 0.1) is 18.2 Å². The van der Waals surface area contributed by atoms with Gasteiger partial charge in [-0.05, 0) is 44.0 Å². The average molecular weight is 356 g/mol. The maximum absolute atomic E-state index is 11.6. The van der Waals surface area contributed by atoms with Gasteiger partial charge in [-0.1, -0.05) is 18.5 Å². The Balaban J connectivity index is 2.93. The van der Waals surface area contributed by atoms with E-state index in [1.54, 1.807) is 12.1 Å². The van der Waals surface area contributed by atoms with Crippen LogP contribution < -0.4 is 15.2 Å². The molecule has 0 aromatic heterocycles. The molecule has 1 amide bonds. The zero-order valence-electron chi connectivity index (χ0n) is 14.0. The highest BCUT2D eigenvalue weighted by Crippen LogP contribution is 2.37. The number of rotatable bonds is 9. The Labute approximate surface area is 146 Å². The first-order valence-electron chi connectivity index (χ1n) is 7.66. The van der Waals surface area contributed by atoms with E-state index in [4.69, 9.17) is 31.5 Å². The number of primary amides is 1. The van der Waals surface area contributed by atoms with Gasteiger partial charge < -0.3 is 19.9 Å². The van der Waals surface area contributed by atoms with E-state index in [9.17, 15) is 9.59 Å². The van der Waals surface area contributed by atoms with Crippen LogP contribution in [0.2, 0.25) is 5.02 Å². The Hall–Kier alpha value is -2.21. The molecule has 0 bridgehead atoms. The fraction of sp³-hybridized carbons (Fsp3) is 0.412. The highest BCUT2D eigenvalue weighted by Gasteiger charge is 2.14. The van der Waals surface area contributed by atoms with Crippen molar-refractivity contribution in [2.75, 3.05) is 13.2 Å². The van der Waals surface area contributed by atoms with Crippen LogP contribution in [0, 0.1) is 0 Å². The third-order valence-electron chi connectivity index (χ3n) is 2.89. The van der Waals surface area contributed by atoms with Crippen molar-refractivity contribution in [3.63, 3.8) is 0 Å². The lowest BCUT2D eigenvalue weighted by molar-refractivity contribution is -0.148. The van der Waals surface area contributed by atoms with E-state index >= 15 is 0 Å².